The minimum absolute atomic E-state index is 0.358. The van der Waals surface area contributed by atoms with E-state index in [4.69, 9.17) is 9.47 Å². The Morgan fingerprint density at radius 3 is 2.72 bits per heavy atom. The number of aryl methyl sites for hydroxylation is 1. The van der Waals surface area contributed by atoms with Crippen molar-refractivity contribution in [1.29, 1.82) is 0 Å². The summed E-state index contributed by atoms with van der Waals surface area (Å²) in [4.78, 5) is 11.2. The molecule has 0 unspecified atom stereocenters. The molecule has 1 aliphatic heterocycles. The Morgan fingerprint density at radius 2 is 1.94 bits per heavy atom. The van der Waals surface area contributed by atoms with Crippen LogP contribution in [0.25, 0.3) is 0 Å². The zero-order valence-corrected chi connectivity index (χ0v) is 10.9. The van der Waals surface area contributed by atoms with Crippen molar-refractivity contribution in [3.05, 3.63) is 23.8 Å². The molecule has 0 atom stereocenters. The third kappa shape index (κ3) is 3.49. The zero-order chi connectivity index (χ0) is 12.8. The summed E-state index contributed by atoms with van der Waals surface area (Å²) in [6.07, 6.45) is 4.38. The number of benzene rings is 1. The zero-order valence-electron chi connectivity index (χ0n) is 10.9. The molecule has 0 fully saturated rings. The SMILES string of the molecule is CCC(=O)CCCCc1ccc2c(c1)OCCO2. The number of carbonyl (C=O) groups excluding carboxylic acids is 1. The van der Waals surface area contributed by atoms with Gasteiger partial charge in [0.05, 0.1) is 0 Å². The monoisotopic (exact) mass is 248 g/mol. The maximum atomic E-state index is 11.2. The van der Waals surface area contributed by atoms with Gasteiger partial charge in [-0.15, -0.1) is 0 Å². The maximum absolute atomic E-state index is 11.2. The van der Waals surface area contributed by atoms with E-state index in [1.807, 2.05) is 13.0 Å². The van der Waals surface area contributed by atoms with Crippen LogP contribution in [-0.4, -0.2) is 19.0 Å². The van der Waals surface area contributed by atoms with E-state index in [1.165, 1.54) is 5.56 Å². The van der Waals surface area contributed by atoms with E-state index in [0.29, 0.717) is 31.8 Å². The number of unbranched alkanes of at least 4 members (excludes halogenated alkanes) is 1. The average Bonchev–Trinajstić information content (AvgIpc) is 2.43. The number of fused-ring (bicyclic) bond motifs is 1. The van der Waals surface area contributed by atoms with Crippen molar-refractivity contribution < 1.29 is 14.3 Å². The third-order valence-corrected chi connectivity index (χ3v) is 3.17. The van der Waals surface area contributed by atoms with Crippen molar-refractivity contribution in [2.24, 2.45) is 0 Å². The molecule has 0 saturated carbocycles. The summed E-state index contributed by atoms with van der Waals surface area (Å²) < 4.78 is 11.0. The van der Waals surface area contributed by atoms with Crippen LogP contribution in [0.2, 0.25) is 0 Å². The van der Waals surface area contributed by atoms with Crippen LogP contribution >= 0.6 is 0 Å². The van der Waals surface area contributed by atoms with Crippen LogP contribution < -0.4 is 9.47 Å². The molecule has 2 rings (SSSR count). The number of hydrogen-bond acceptors (Lipinski definition) is 3. The summed E-state index contributed by atoms with van der Waals surface area (Å²) in [6, 6.07) is 6.10. The second-order valence-corrected chi connectivity index (χ2v) is 4.58. The standard InChI is InChI=1S/C15H20O3/c1-2-13(16)6-4-3-5-12-7-8-14-15(11-12)18-10-9-17-14/h7-8,11H,2-6,9-10H2,1H3. The number of ether oxygens (including phenoxy) is 2. The van der Waals surface area contributed by atoms with Gasteiger partial charge in [-0.2, -0.15) is 0 Å². The first kappa shape index (κ1) is 12.9. The predicted octanol–water partition coefficient (Wildman–Crippen LogP) is 3.15. The molecule has 1 aliphatic rings. The van der Waals surface area contributed by atoms with Gasteiger partial charge in [0.15, 0.2) is 11.5 Å². The van der Waals surface area contributed by atoms with Crippen LogP contribution in [-0.2, 0) is 11.2 Å². The largest absolute Gasteiger partial charge is 0.486 e. The summed E-state index contributed by atoms with van der Waals surface area (Å²) in [7, 11) is 0. The fraction of sp³-hybridized carbons (Fsp3) is 0.533. The molecule has 0 bridgehead atoms. The van der Waals surface area contributed by atoms with Gasteiger partial charge in [0.2, 0.25) is 0 Å². The Labute approximate surface area is 108 Å². The number of hydrogen-bond donors (Lipinski definition) is 0. The lowest BCUT2D eigenvalue weighted by atomic mass is 10.0. The van der Waals surface area contributed by atoms with E-state index in [1.54, 1.807) is 0 Å². The Balaban J connectivity index is 1.81. The van der Waals surface area contributed by atoms with Gasteiger partial charge in [0, 0.05) is 12.8 Å². The molecule has 0 aliphatic carbocycles. The summed E-state index contributed by atoms with van der Waals surface area (Å²) >= 11 is 0. The first-order valence-electron chi connectivity index (χ1n) is 6.70. The lowest BCUT2D eigenvalue weighted by Gasteiger charge is -2.18. The van der Waals surface area contributed by atoms with Crippen LogP contribution in [0.3, 0.4) is 0 Å². The van der Waals surface area contributed by atoms with E-state index >= 15 is 0 Å². The molecule has 1 aromatic rings. The average molecular weight is 248 g/mol. The quantitative estimate of drug-likeness (QED) is 0.725. The predicted molar refractivity (Wildman–Crippen MR) is 70.3 cm³/mol. The normalized spacial score (nSPS) is 13.4. The topological polar surface area (TPSA) is 35.5 Å². The molecule has 3 nitrogen and oxygen atoms in total. The molecule has 0 amide bonds. The molecule has 1 heterocycles. The lowest BCUT2D eigenvalue weighted by molar-refractivity contribution is -0.118. The summed E-state index contributed by atoms with van der Waals surface area (Å²) in [5.74, 6) is 2.05. The minimum Gasteiger partial charge on any atom is -0.486 e. The van der Waals surface area contributed by atoms with Crippen LogP contribution in [0.1, 0.15) is 38.2 Å². The van der Waals surface area contributed by atoms with Crippen molar-refractivity contribution >= 4 is 5.78 Å². The fourth-order valence-electron chi connectivity index (χ4n) is 2.07. The second kappa shape index (κ2) is 6.43. The summed E-state index contributed by atoms with van der Waals surface area (Å²) in [5, 5.41) is 0. The number of rotatable bonds is 6. The molecule has 1 aromatic carbocycles. The van der Waals surface area contributed by atoms with Gasteiger partial charge in [-0.05, 0) is 37.0 Å². The molecule has 0 saturated heterocycles. The minimum atomic E-state index is 0.358. The Bertz CT molecular complexity index is 412. The molecule has 3 heteroatoms. The second-order valence-electron chi connectivity index (χ2n) is 4.58. The highest BCUT2D eigenvalue weighted by atomic mass is 16.6. The molecule has 0 N–H and O–H groups in total. The fourth-order valence-corrected chi connectivity index (χ4v) is 2.07. The summed E-state index contributed by atoms with van der Waals surface area (Å²) in [6.45, 7) is 3.18. The van der Waals surface area contributed by atoms with Gasteiger partial charge in [-0.1, -0.05) is 13.0 Å². The maximum Gasteiger partial charge on any atom is 0.161 e. The smallest absolute Gasteiger partial charge is 0.161 e. The van der Waals surface area contributed by atoms with Crippen molar-refractivity contribution in [3.8, 4) is 11.5 Å². The van der Waals surface area contributed by atoms with Crippen molar-refractivity contribution in [1.82, 2.24) is 0 Å². The van der Waals surface area contributed by atoms with Gasteiger partial charge in [0.1, 0.15) is 19.0 Å². The Kier molecular flexibility index (Phi) is 4.62. The molecule has 18 heavy (non-hydrogen) atoms. The van der Waals surface area contributed by atoms with E-state index < -0.39 is 0 Å². The van der Waals surface area contributed by atoms with E-state index in [9.17, 15) is 4.79 Å². The first-order valence-corrected chi connectivity index (χ1v) is 6.70. The van der Waals surface area contributed by atoms with Gasteiger partial charge >= 0.3 is 0 Å². The Hall–Kier alpha value is -1.51. The highest BCUT2D eigenvalue weighted by molar-refractivity contribution is 5.77. The van der Waals surface area contributed by atoms with Crippen LogP contribution in [0, 0.1) is 0 Å². The molecular formula is C15H20O3. The van der Waals surface area contributed by atoms with Gasteiger partial charge in [-0.3, -0.25) is 4.79 Å². The molecule has 98 valence electrons. The van der Waals surface area contributed by atoms with Crippen LogP contribution in [0.5, 0.6) is 11.5 Å². The lowest BCUT2D eigenvalue weighted by Crippen LogP contribution is -2.15. The van der Waals surface area contributed by atoms with E-state index in [0.717, 1.165) is 30.8 Å². The highest BCUT2D eigenvalue weighted by Gasteiger charge is 2.11. The molecular weight excluding hydrogens is 228 g/mol. The number of ketones is 1. The van der Waals surface area contributed by atoms with E-state index in [-0.39, 0.29) is 0 Å². The van der Waals surface area contributed by atoms with Crippen LogP contribution in [0.4, 0.5) is 0 Å². The number of carbonyl (C=O) groups is 1. The van der Waals surface area contributed by atoms with Gasteiger partial charge < -0.3 is 9.47 Å². The third-order valence-electron chi connectivity index (χ3n) is 3.17. The van der Waals surface area contributed by atoms with Gasteiger partial charge in [-0.25, -0.2) is 0 Å². The molecule has 0 radical (unpaired) electrons. The molecule has 0 spiro atoms. The van der Waals surface area contributed by atoms with Crippen LogP contribution in [0.15, 0.2) is 18.2 Å². The Morgan fingerprint density at radius 1 is 1.17 bits per heavy atom. The van der Waals surface area contributed by atoms with Crippen molar-refractivity contribution in [2.45, 2.75) is 39.0 Å². The first-order chi connectivity index (χ1) is 8.79. The highest BCUT2D eigenvalue weighted by Crippen LogP contribution is 2.31. The molecule has 0 aromatic heterocycles. The van der Waals surface area contributed by atoms with E-state index in [2.05, 4.69) is 12.1 Å². The van der Waals surface area contributed by atoms with Crippen molar-refractivity contribution in [2.75, 3.05) is 13.2 Å². The van der Waals surface area contributed by atoms with Gasteiger partial charge in [0.25, 0.3) is 0 Å². The summed E-state index contributed by atoms with van der Waals surface area (Å²) in [5.41, 5.74) is 1.25. The number of Topliss-reactive ketones (excluding diaryl/α,β-unsaturated/α-hetero) is 1. The van der Waals surface area contributed by atoms with Crippen molar-refractivity contribution in [3.63, 3.8) is 0 Å².